The van der Waals surface area contributed by atoms with Gasteiger partial charge in [0.2, 0.25) is 5.89 Å². The van der Waals surface area contributed by atoms with Crippen LogP contribution in [0.5, 0.6) is 5.75 Å². The number of benzene rings is 2. The summed E-state index contributed by atoms with van der Waals surface area (Å²) < 4.78 is 11.1. The standard InChI is InChI=1S/C15H14N2O2/c1-9-7-11(16)14-12(8-9)17-15(19-14)10-5-3-4-6-13(10)18-2/h3-8H,16H2,1-2H3. The lowest BCUT2D eigenvalue weighted by atomic mass is 10.2. The van der Waals surface area contributed by atoms with Gasteiger partial charge in [0, 0.05) is 0 Å². The highest BCUT2D eigenvalue weighted by Crippen LogP contribution is 2.33. The molecule has 2 aromatic carbocycles. The molecule has 1 heterocycles. The lowest BCUT2D eigenvalue weighted by molar-refractivity contribution is 0.414. The molecular formula is C15H14N2O2. The molecule has 0 fully saturated rings. The third-order valence-electron chi connectivity index (χ3n) is 3.00. The minimum atomic E-state index is 0.518. The van der Waals surface area contributed by atoms with E-state index in [9.17, 15) is 0 Å². The number of rotatable bonds is 2. The fourth-order valence-electron chi connectivity index (χ4n) is 2.14. The Kier molecular flexibility index (Phi) is 2.63. The Balaban J connectivity index is 2.23. The average molecular weight is 254 g/mol. The SMILES string of the molecule is COc1ccccc1-c1nc2cc(C)cc(N)c2o1. The second kappa shape index (κ2) is 4.31. The zero-order valence-electron chi connectivity index (χ0n) is 10.8. The Bertz CT molecular complexity index is 747. The third kappa shape index (κ3) is 1.91. The molecule has 96 valence electrons. The summed E-state index contributed by atoms with van der Waals surface area (Å²) in [5.74, 6) is 1.24. The van der Waals surface area contributed by atoms with Gasteiger partial charge in [0.25, 0.3) is 0 Å². The van der Waals surface area contributed by atoms with Gasteiger partial charge in [-0.25, -0.2) is 4.98 Å². The number of fused-ring (bicyclic) bond motifs is 1. The predicted octanol–water partition coefficient (Wildman–Crippen LogP) is 3.39. The van der Waals surface area contributed by atoms with Crippen molar-refractivity contribution in [2.24, 2.45) is 0 Å². The number of methoxy groups -OCH3 is 1. The molecule has 0 amide bonds. The summed E-state index contributed by atoms with van der Waals surface area (Å²) in [6, 6.07) is 11.4. The van der Waals surface area contributed by atoms with Crippen LogP contribution in [-0.2, 0) is 0 Å². The molecule has 0 aliphatic carbocycles. The molecule has 0 aliphatic rings. The molecule has 0 spiro atoms. The maximum Gasteiger partial charge on any atom is 0.231 e. The van der Waals surface area contributed by atoms with Crippen molar-refractivity contribution in [2.75, 3.05) is 12.8 Å². The Morgan fingerprint density at radius 1 is 1.21 bits per heavy atom. The highest BCUT2D eigenvalue weighted by Gasteiger charge is 2.14. The monoisotopic (exact) mass is 254 g/mol. The Morgan fingerprint density at radius 3 is 2.79 bits per heavy atom. The second-order valence-corrected chi connectivity index (χ2v) is 4.42. The van der Waals surface area contributed by atoms with Gasteiger partial charge in [0.05, 0.1) is 18.4 Å². The van der Waals surface area contributed by atoms with Gasteiger partial charge in [0.1, 0.15) is 11.3 Å². The topological polar surface area (TPSA) is 61.3 Å². The first kappa shape index (κ1) is 11.6. The molecule has 0 radical (unpaired) electrons. The summed E-state index contributed by atoms with van der Waals surface area (Å²) in [6.07, 6.45) is 0. The van der Waals surface area contributed by atoms with E-state index in [2.05, 4.69) is 4.98 Å². The normalized spacial score (nSPS) is 10.8. The lowest BCUT2D eigenvalue weighted by Gasteiger charge is -2.03. The summed E-state index contributed by atoms with van der Waals surface area (Å²) in [4.78, 5) is 4.49. The molecule has 0 saturated heterocycles. The first-order valence-electron chi connectivity index (χ1n) is 5.99. The van der Waals surface area contributed by atoms with Crippen LogP contribution in [0.25, 0.3) is 22.6 Å². The van der Waals surface area contributed by atoms with Crippen molar-refractivity contribution in [1.82, 2.24) is 4.98 Å². The van der Waals surface area contributed by atoms with Crippen molar-refractivity contribution >= 4 is 16.8 Å². The number of hydrogen-bond acceptors (Lipinski definition) is 4. The summed E-state index contributed by atoms with van der Waals surface area (Å²) in [7, 11) is 1.62. The van der Waals surface area contributed by atoms with Crippen molar-refractivity contribution < 1.29 is 9.15 Å². The number of ether oxygens (including phenoxy) is 1. The maximum atomic E-state index is 5.95. The van der Waals surface area contributed by atoms with Gasteiger partial charge in [-0.2, -0.15) is 0 Å². The molecule has 4 nitrogen and oxygen atoms in total. The molecule has 0 atom stereocenters. The fourth-order valence-corrected chi connectivity index (χ4v) is 2.14. The van der Waals surface area contributed by atoms with Crippen LogP contribution in [0.1, 0.15) is 5.56 Å². The average Bonchev–Trinajstić information content (AvgIpc) is 2.82. The minimum Gasteiger partial charge on any atom is -0.496 e. The fraction of sp³-hybridized carbons (Fsp3) is 0.133. The molecule has 1 aromatic heterocycles. The number of aromatic nitrogens is 1. The molecule has 4 heteroatoms. The largest absolute Gasteiger partial charge is 0.496 e. The Hall–Kier alpha value is -2.49. The molecule has 0 aliphatic heterocycles. The van der Waals surface area contributed by atoms with E-state index in [-0.39, 0.29) is 0 Å². The van der Waals surface area contributed by atoms with Crippen LogP contribution in [0, 0.1) is 6.92 Å². The van der Waals surface area contributed by atoms with Crippen molar-refractivity contribution in [3.8, 4) is 17.2 Å². The molecule has 19 heavy (non-hydrogen) atoms. The first-order valence-corrected chi connectivity index (χ1v) is 5.99. The highest BCUT2D eigenvalue weighted by atomic mass is 16.5. The van der Waals surface area contributed by atoms with E-state index < -0.39 is 0 Å². The van der Waals surface area contributed by atoms with Crippen molar-refractivity contribution in [1.29, 1.82) is 0 Å². The minimum absolute atomic E-state index is 0.518. The number of anilines is 1. The van der Waals surface area contributed by atoms with Crippen LogP contribution in [-0.4, -0.2) is 12.1 Å². The number of aryl methyl sites for hydroxylation is 1. The van der Waals surface area contributed by atoms with Crippen LogP contribution < -0.4 is 10.5 Å². The summed E-state index contributed by atoms with van der Waals surface area (Å²) in [5, 5.41) is 0. The third-order valence-corrected chi connectivity index (χ3v) is 3.00. The van der Waals surface area contributed by atoms with Gasteiger partial charge in [-0.15, -0.1) is 0 Å². The number of nitrogens with two attached hydrogens (primary N) is 1. The van der Waals surface area contributed by atoms with Crippen LogP contribution in [0.3, 0.4) is 0 Å². The van der Waals surface area contributed by atoms with E-state index in [1.807, 2.05) is 43.3 Å². The summed E-state index contributed by atoms with van der Waals surface area (Å²) in [6.45, 7) is 1.98. The predicted molar refractivity (Wildman–Crippen MR) is 75.1 cm³/mol. The van der Waals surface area contributed by atoms with E-state index in [1.165, 1.54) is 0 Å². The number of nitrogen functional groups attached to an aromatic ring is 1. The molecule has 3 aromatic rings. The first-order chi connectivity index (χ1) is 9.19. The number of hydrogen-bond donors (Lipinski definition) is 1. The molecule has 3 rings (SSSR count). The number of nitrogens with zero attached hydrogens (tertiary/aromatic N) is 1. The van der Waals surface area contributed by atoms with E-state index >= 15 is 0 Å². The smallest absolute Gasteiger partial charge is 0.231 e. The van der Waals surface area contributed by atoms with Gasteiger partial charge in [-0.3, -0.25) is 0 Å². The second-order valence-electron chi connectivity index (χ2n) is 4.42. The van der Waals surface area contributed by atoms with Crippen LogP contribution >= 0.6 is 0 Å². The summed E-state index contributed by atoms with van der Waals surface area (Å²) in [5.41, 5.74) is 9.81. The van der Waals surface area contributed by atoms with Crippen molar-refractivity contribution in [2.45, 2.75) is 6.92 Å². The van der Waals surface area contributed by atoms with Crippen LogP contribution in [0.4, 0.5) is 5.69 Å². The summed E-state index contributed by atoms with van der Waals surface area (Å²) >= 11 is 0. The van der Waals surface area contributed by atoms with Gasteiger partial charge in [-0.1, -0.05) is 12.1 Å². The Labute approximate surface area is 110 Å². The number of para-hydroxylation sites is 1. The highest BCUT2D eigenvalue weighted by molar-refractivity contribution is 5.87. The van der Waals surface area contributed by atoms with E-state index in [4.69, 9.17) is 14.9 Å². The van der Waals surface area contributed by atoms with Crippen LogP contribution in [0.15, 0.2) is 40.8 Å². The van der Waals surface area contributed by atoms with Crippen molar-refractivity contribution in [3.05, 3.63) is 42.0 Å². The zero-order chi connectivity index (χ0) is 13.4. The Morgan fingerprint density at radius 2 is 2.00 bits per heavy atom. The van der Waals surface area contributed by atoms with Gasteiger partial charge >= 0.3 is 0 Å². The molecular weight excluding hydrogens is 240 g/mol. The quantitative estimate of drug-likeness (QED) is 0.712. The van der Waals surface area contributed by atoms with Gasteiger partial charge in [-0.05, 0) is 36.8 Å². The lowest BCUT2D eigenvalue weighted by Crippen LogP contribution is -1.86. The van der Waals surface area contributed by atoms with E-state index in [0.717, 1.165) is 22.4 Å². The molecule has 2 N–H and O–H groups in total. The van der Waals surface area contributed by atoms with E-state index in [0.29, 0.717) is 17.2 Å². The van der Waals surface area contributed by atoms with E-state index in [1.54, 1.807) is 7.11 Å². The van der Waals surface area contributed by atoms with Gasteiger partial charge < -0.3 is 14.9 Å². The van der Waals surface area contributed by atoms with Gasteiger partial charge in [0.15, 0.2) is 5.58 Å². The van der Waals surface area contributed by atoms with Crippen molar-refractivity contribution in [3.63, 3.8) is 0 Å². The zero-order valence-corrected chi connectivity index (χ0v) is 10.8. The molecule has 0 bridgehead atoms. The maximum absolute atomic E-state index is 5.95. The number of oxazole rings is 1. The van der Waals surface area contributed by atoms with Crippen LogP contribution in [0.2, 0.25) is 0 Å². The molecule has 0 saturated carbocycles. The molecule has 0 unspecified atom stereocenters.